The summed E-state index contributed by atoms with van der Waals surface area (Å²) in [7, 11) is -4.12. The Kier molecular flexibility index (Phi) is 9.42. The largest absolute Gasteiger partial charge is 0.465 e. The smallest absolute Gasteiger partial charge is 0.421 e. The number of carbonyl (C=O) groups is 3. The molecule has 212 valence electrons. The summed E-state index contributed by atoms with van der Waals surface area (Å²) in [6.07, 6.45) is -1.16. The molecule has 0 aliphatic carbocycles. The van der Waals surface area contributed by atoms with Crippen molar-refractivity contribution in [3.8, 4) is 0 Å². The van der Waals surface area contributed by atoms with Gasteiger partial charge in [0, 0.05) is 0 Å². The highest BCUT2D eigenvalue weighted by Crippen LogP contribution is 2.60. The Labute approximate surface area is 230 Å². The fraction of sp³-hybridized carbons (Fsp3) is 0.483. The van der Waals surface area contributed by atoms with E-state index in [4.69, 9.17) is 18.5 Å². The number of rotatable bonds is 10. The zero-order valence-corrected chi connectivity index (χ0v) is 24.6. The first-order valence-electron chi connectivity index (χ1n) is 13.1. The molecule has 10 heteroatoms. The summed E-state index contributed by atoms with van der Waals surface area (Å²) in [5, 5.41) is 0. The van der Waals surface area contributed by atoms with E-state index in [2.05, 4.69) is 0 Å². The van der Waals surface area contributed by atoms with Crippen LogP contribution in [-0.4, -0.2) is 49.1 Å². The Hall–Kier alpha value is -3.00. The Morgan fingerprint density at radius 1 is 0.974 bits per heavy atom. The number of carbonyl (C=O) groups excluding carboxylic acids is 3. The lowest BCUT2D eigenvalue weighted by Gasteiger charge is -2.34. The van der Waals surface area contributed by atoms with Gasteiger partial charge >= 0.3 is 19.7 Å². The predicted octanol–water partition coefficient (Wildman–Crippen LogP) is 6.15. The standard InChI is InChI=1S/C29H38NO8P/c1-8-35-25(31)24(39(34,36-9-2)37-10-3)19-29(21-14-12-11-13-15-21)22-18-20(4)16-17-23(22)30(26(29)32)27(33)38-28(5,6)7/h11-18,24H,8-10,19H2,1-7H3/t24-,29+/m0/s1. The molecule has 0 aromatic heterocycles. The van der Waals surface area contributed by atoms with Crippen molar-refractivity contribution in [3.63, 3.8) is 0 Å². The molecule has 0 radical (unpaired) electrons. The number of amides is 2. The minimum atomic E-state index is -4.12. The molecule has 1 aliphatic heterocycles. The highest BCUT2D eigenvalue weighted by molar-refractivity contribution is 7.55. The molecular formula is C29H38NO8P. The maximum absolute atomic E-state index is 14.6. The second-order valence-electron chi connectivity index (χ2n) is 10.3. The minimum Gasteiger partial charge on any atom is -0.465 e. The average molecular weight is 560 g/mol. The quantitative estimate of drug-likeness (QED) is 0.252. The molecule has 0 N–H and O–H groups in total. The van der Waals surface area contributed by atoms with Gasteiger partial charge in [-0.05, 0) is 72.1 Å². The summed E-state index contributed by atoms with van der Waals surface area (Å²) < 4.78 is 36.3. The number of imide groups is 1. The van der Waals surface area contributed by atoms with Crippen molar-refractivity contribution in [2.24, 2.45) is 0 Å². The van der Waals surface area contributed by atoms with Gasteiger partial charge in [-0.15, -0.1) is 0 Å². The number of fused-ring (bicyclic) bond motifs is 1. The van der Waals surface area contributed by atoms with E-state index in [1.54, 1.807) is 90.1 Å². The van der Waals surface area contributed by atoms with Crippen LogP contribution in [0.25, 0.3) is 0 Å². The second-order valence-corrected chi connectivity index (χ2v) is 12.5. The zero-order chi connectivity index (χ0) is 29.0. The van der Waals surface area contributed by atoms with Gasteiger partial charge in [0.05, 0.1) is 25.5 Å². The number of anilines is 1. The summed E-state index contributed by atoms with van der Waals surface area (Å²) in [5.74, 6) is -1.44. The third-order valence-corrected chi connectivity index (χ3v) is 8.71. The van der Waals surface area contributed by atoms with Gasteiger partial charge in [-0.3, -0.25) is 14.2 Å². The second kappa shape index (κ2) is 12.0. The lowest BCUT2D eigenvalue weighted by atomic mass is 9.71. The molecule has 39 heavy (non-hydrogen) atoms. The third-order valence-electron chi connectivity index (χ3n) is 6.32. The van der Waals surface area contributed by atoms with Crippen LogP contribution in [0.5, 0.6) is 0 Å². The fourth-order valence-corrected chi connectivity index (χ4v) is 6.82. The number of aryl methyl sites for hydroxylation is 1. The van der Waals surface area contributed by atoms with Crippen molar-refractivity contribution in [3.05, 3.63) is 65.2 Å². The predicted molar refractivity (Wildman–Crippen MR) is 148 cm³/mol. The number of nitrogens with zero attached hydrogens (tertiary/aromatic N) is 1. The topological polar surface area (TPSA) is 108 Å². The van der Waals surface area contributed by atoms with E-state index in [-0.39, 0.29) is 26.2 Å². The maximum atomic E-state index is 14.6. The van der Waals surface area contributed by atoms with Crippen LogP contribution in [0.1, 0.15) is 64.7 Å². The maximum Gasteiger partial charge on any atom is 0.421 e. The molecule has 9 nitrogen and oxygen atoms in total. The number of hydrogen-bond acceptors (Lipinski definition) is 8. The monoisotopic (exact) mass is 559 g/mol. The van der Waals surface area contributed by atoms with Crippen LogP contribution >= 0.6 is 7.60 Å². The van der Waals surface area contributed by atoms with Gasteiger partial charge in [0.25, 0.3) is 5.91 Å². The fourth-order valence-electron chi connectivity index (χ4n) is 4.84. The molecular weight excluding hydrogens is 521 g/mol. The molecule has 0 saturated heterocycles. The van der Waals surface area contributed by atoms with Crippen LogP contribution in [0.2, 0.25) is 0 Å². The summed E-state index contributed by atoms with van der Waals surface area (Å²) in [4.78, 5) is 42.5. The van der Waals surface area contributed by atoms with Crippen molar-refractivity contribution in [2.45, 2.75) is 71.6 Å². The Balaban J connectivity index is 2.34. The lowest BCUT2D eigenvalue weighted by Crippen LogP contribution is -2.48. The van der Waals surface area contributed by atoms with Crippen LogP contribution in [0.15, 0.2) is 48.5 Å². The van der Waals surface area contributed by atoms with Crippen LogP contribution < -0.4 is 4.90 Å². The van der Waals surface area contributed by atoms with Gasteiger partial charge in [-0.2, -0.15) is 0 Å². The summed E-state index contributed by atoms with van der Waals surface area (Å²) in [5.41, 5.74) is -1.75. The number of benzene rings is 2. The van der Waals surface area contributed by atoms with E-state index in [9.17, 15) is 18.9 Å². The number of esters is 1. The summed E-state index contributed by atoms with van der Waals surface area (Å²) >= 11 is 0. The highest BCUT2D eigenvalue weighted by atomic mass is 31.2. The van der Waals surface area contributed by atoms with E-state index in [0.717, 1.165) is 10.5 Å². The van der Waals surface area contributed by atoms with E-state index < -0.39 is 42.2 Å². The molecule has 1 heterocycles. The van der Waals surface area contributed by atoms with Crippen molar-refractivity contribution in [2.75, 3.05) is 24.7 Å². The SMILES string of the molecule is CCOC(=O)[C@H](C[C@]1(c2ccccc2)C(=O)N(C(=O)OC(C)(C)C)c2ccc(C)cc21)P(=O)(OCC)OCC. The van der Waals surface area contributed by atoms with Gasteiger partial charge in [-0.1, -0.05) is 48.0 Å². The van der Waals surface area contributed by atoms with Gasteiger partial charge < -0.3 is 18.5 Å². The molecule has 3 rings (SSSR count). The van der Waals surface area contributed by atoms with Crippen LogP contribution in [0.3, 0.4) is 0 Å². The number of hydrogen-bond donors (Lipinski definition) is 0. The van der Waals surface area contributed by atoms with Crippen LogP contribution in [-0.2, 0) is 38.1 Å². The van der Waals surface area contributed by atoms with Crippen molar-refractivity contribution >= 4 is 31.3 Å². The van der Waals surface area contributed by atoms with Gasteiger partial charge in [-0.25, -0.2) is 9.69 Å². The van der Waals surface area contributed by atoms with Crippen molar-refractivity contribution in [1.29, 1.82) is 0 Å². The molecule has 0 bridgehead atoms. The minimum absolute atomic E-state index is 0.0131. The normalized spacial score (nSPS) is 18.0. The van der Waals surface area contributed by atoms with E-state index in [0.29, 0.717) is 16.8 Å². The van der Waals surface area contributed by atoms with E-state index in [1.165, 1.54) is 0 Å². The zero-order valence-electron chi connectivity index (χ0n) is 23.7. The molecule has 2 aromatic carbocycles. The third kappa shape index (κ3) is 6.11. The summed E-state index contributed by atoms with van der Waals surface area (Å²) in [6, 6.07) is 14.1. The molecule has 2 aromatic rings. The van der Waals surface area contributed by atoms with Crippen LogP contribution in [0, 0.1) is 6.92 Å². The average Bonchev–Trinajstić information content (AvgIpc) is 3.10. The first kappa shape index (κ1) is 30.5. The van der Waals surface area contributed by atoms with E-state index >= 15 is 0 Å². The Morgan fingerprint density at radius 2 is 1.59 bits per heavy atom. The number of ether oxygens (including phenoxy) is 2. The molecule has 0 spiro atoms. The molecule has 0 unspecified atom stereocenters. The van der Waals surface area contributed by atoms with Crippen molar-refractivity contribution < 1.29 is 37.5 Å². The van der Waals surface area contributed by atoms with Crippen LogP contribution in [0.4, 0.5) is 10.5 Å². The highest BCUT2D eigenvalue weighted by Gasteiger charge is 2.59. The molecule has 0 saturated carbocycles. The van der Waals surface area contributed by atoms with Gasteiger partial charge in [0.2, 0.25) is 0 Å². The first-order chi connectivity index (χ1) is 18.3. The molecule has 1 aliphatic rings. The molecule has 0 fully saturated rings. The van der Waals surface area contributed by atoms with Gasteiger partial charge in [0.15, 0.2) is 5.66 Å². The first-order valence-corrected chi connectivity index (χ1v) is 14.7. The summed E-state index contributed by atoms with van der Waals surface area (Å²) in [6.45, 7) is 12.0. The lowest BCUT2D eigenvalue weighted by molar-refractivity contribution is -0.143. The Morgan fingerprint density at radius 3 is 2.13 bits per heavy atom. The van der Waals surface area contributed by atoms with Gasteiger partial charge in [0.1, 0.15) is 11.0 Å². The molecule has 2 atom stereocenters. The molecule has 2 amide bonds. The van der Waals surface area contributed by atoms with Crippen molar-refractivity contribution in [1.82, 2.24) is 0 Å². The van der Waals surface area contributed by atoms with E-state index in [1.807, 2.05) is 6.92 Å². The Bertz CT molecular complexity index is 1250.